The van der Waals surface area contributed by atoms with Gasteiger partial charge in [-0.3, -0.25) is 0 Å². The van der Waals surface area contributed by atoms with E-state index in [0.717, 1.165) is 0 Å². The van der Waals surface area contributed by atoms with Crippen LogP contribution < -0.4 is 0 Å². The molecule has 0 bridgehead atoms. The fraction of sp³-hybridized carbons (Fsp3) is 0.125. The van der Waals surface area contributed by atoms with Gasteiger partial charge in [0.25, 0.3) is 0 Å². The number of nitrogens with zero attached hydrogens (tertiary/aromatic N) is 1. The number of nitriles is 1. The average Bonchev–Trinajstić information content (AvgIpc) is 2.52. The van der Waals surface area contributed by atoms with Crippen LogP contribution in [0.15, 0.2) is 48.5 Å². The van der Waals surface area contributed by atoms with E-state index in [-0.39, 0.29) is 12.2 Å². The van der Waals surface area contributed by atoms with Crippen LogP contribution in [0, 0.1) is 11.3 Å². The summed E-state index contributed by atoms with van der Waals surface area (Å²) >= 11 is 0. The van der Waals surface area contributed by atoms with Crippen molar-refractivity contribution < 1.29 is 19.7 Å². The second kappa shape index (κ2) is 6.66. The number of benzene rings is 2. The minimum absolute atomic E-state index is 0.0437. The van der Waals surface area contributed by atoms with E-state index in [1.54, 1.807) is 36.4 Å². The Kier molecular flexibility index (Phi) is 4.67. The molecule has 2 aromatic carbocycles. The van der Waals surface area contributed by atoms with Crippen LogP contribution in [0.25, 0.3) is 0 Å². The van der Waals surface area contributed by atoms with E-state index in [4.69, 9.17) is 15.1 Å². The lowest BCUT2D eigenvalue weighted by Gasteiger charge is -2.13. The molecule has 0 saturated heterocycles. The Morgan fingerprint density at radius 1 is 1.24 bits per heavy atom. The number of hydrogen-bond donors (Lipinski definition) is 2. The van der Waals surface area contributed by atoms with E-state index >= 15 is 0 Å². The SMILES string of the molecule is N#Cc1ccccc1C(O)OCc1cccc(C(=O)O)c1. The molecule has 5 nitrogen and oxygen atoms in total. The first-order chi connectivity index (χ1) is 10.1. The third-order valence-electron chi connectivity index (χ3n) is 2.93. The van der Waals surface area contributed by atoms with Gasteiger partial charge < -0.3 is 14.9 Å². The summed E-state index contributed by atoms with van der Waals surface area (Å²) in [6, 6.07) is 14.9. The van der Waals surface area contributed by atoms with Crippen LogP contribution in [0.3, 0.4) is 0 Å². The Hall–Kier alpha value is -2.68. The van der Waals surface area contributed by atoms with Crippen molar-refractivity contribution in [3.05, 3.63) is 70.8 Å². The quantitative estimate of drug-likeness (QED) is 0.822. The summed E-state index contributed by atoms with van der Waals surface area (Å²) in [6.45, 7) is 0.0437. The highest BCUT2D eigenvalue weighted by atomic mass is 16.6. The number of carboxylic acid groups (broad SMARTS) is 1. The van der Waals surface area contributed by atoms with Crippen molar-refractivity contribution in [2.75, 3.05) is 0 Å². The van der Waals surface area contributed by atoms with Gasteiger partial charge in [-0.1, -0.05) is 30.3 Å². The molecule has 0 aromatic heterocycles. The molecule has 5 heteroatoms. The first kappa shape index (κ1) is 14.7. The van der Waals surface area contributed by atoms with Crippen LogP contribution >= 0.6 is 0 Å². The van der Waals surface area contributed by atoms with Crippen molar-refractivity contribution in [3.8, 4) is 6.07 Å². The molecule has 0 radical (unpaired) electrons. The van der Waals surface area contributed by atoms with Gasteiger partial charge in [0.05, 0.1) is 23.8 Å². The normalized spacial score (nSPS) is 11.6. The molecular weight excluding hydrogens is 270 g/mol. The Morgan fingerprint density at radius 3 is 2.71 bits per heavy atom. The van der Waals surface area contributed by atoms with Crippen LogP contribution in [0.1, 0.15) is 33.3 Å². The Labute approximate surface area is 121 Å². The smallest absolute Gasteiger partial charge is 0.335 e. The maximum absolute atomic E-state index is 10.9. The minimum Gasteiger partial charge on any atom is -0.478 e. The van der Waals surface area contributed by atoms with Crippen LogP contribution in [0.5, 0.6) is 0 Å². The molecule has 0 spiro atoms. The molecular formula is C16H13NO4. The third-order valence-corrected chi connectivity index (χ3v) is 2.93. The lowest BCUT2D eigenvalue weighted by Crippen LogP contribution is -2.06. The molecule has 0 amide bonds. The highest BCUT2D eigenvalue weighted by molar-refractivity contribution is 5.87. The number of aliphatic hydroxyl groups is 1. The first-order valence-corrected chi connectivity index (χ1v) is 6.22. The number of ether oxygens (including phenoxy) is 1. The lowest BCUT2D eigenvalue weighted by atomic mass is 10.1. The maximum Gasteiger partial charge on any atom is 0.335 e. The summed E-state index contributed by atoms with van der Waals surface area (Å²) < 4.78 is 5.30. The van der Waals surface area contributed by atoms with Crippen LogP contribution in [-0.4, -0.2) is 16.2 Å². The predicted octanol–water partition coefficient (Wildman–Crippen LogP) is 2.46. The van der Waals surface area contributed by atoms with E-state index < -0.39 is 12.3 Å². The molecule has 0 saturated carbocycles. The molecule has 21 heavy (non-hydrogen) atoms. The summed E-state index contributed by atoms with van der Waals surface area (Å²) in [5.74, 6) is -1.02. The molecule has 0 aliphatic heterocycles. The van der Waals surface area contributed by atoms with E-state index in [1.807, 2.05) is 6.07 Å². The van der Waals surface area contributed by atoms with Crippen molar-refractivity contribution in [1.29, 1.82) is 5.26 Å². The maximum atomic E-state index is 10.9. The number of carboxylic acids is 1. The first-order valence-electron chi connectivity index (χ1n) is 6.22. The van der Waals surface area contributed by atoms with Crippen molar-refractivity contribution in [2.45, 2.75) is 12.9 Å². The van der Waals surface area contributed by atoms with E-state index in [2.05, 4.69) is 0 Å². The topological polar surface area (TPSA) is 90.5 Å². The fourth-order valence-electron chi connectivity index (χ4n) is 1.87. The number of hydrogen-bond acceptors (Lipinski definition) is 4. The third kappa shape index (κ3) is 3.66. The van der Waals surface area contributed by atoms with Gasteiger partial charge in [0.15, 0.2) is 6.29 Å². The van der Waals surface area contributed by atoms with Crippen molar-refractivity contribution >= 4 is 5.97 Å². The van der Waals surface area contributed by atoms with E-state index in [9.17, 15) is 9.90 Å². The number of aliphatic hydroxyl groups excluding tert-OH is 1. The highest BCUT2D eigenvalue weighted by Gasteiger charge is 2.12. The van der Waals surface area contributed by atoms with Crippen LogP contribution in [0.2, 0.25) is 0 Å². The predicted molar refractivity (Wildman–Crippen MR) is 74.3 cm³/mol. The van der Waals surface area contributed by atoms with Gasteiger partial charge in [-0.15, -0.1) is 0 Å². The molecule has 106 valence electrons. The zero-order valence-corrected chi connectivity index (χ0v) is 11.1. The van der Waals surface area contributed by atoms with Gasteiger partial charge in [-0.05, 0) is 23.8 Å². The average molecular weight is 283 g/mol. The molecule has 1 unspecified atom stereocenters. The summed E-state index contributed by atoms with van der Waals surface area (Å²) in [5.41, 5.74) is 1.50. The van der Waals surface area contributed by atoms with Crippen molar-refractivity contribution in [3.63, 3.8) is 0 Å². The van der Waals surface area contributed by atoms with E-state index in [1.165, 1.54) is 12.1 Å². The monoisotopic (exact) mass is 283 g/mol. The summed E-state index contributed by atoms with van der Waals surface area (Å²) in [5, 5.41) is 27.9. The van der Waals surface area contributed by atoms with Crippen molar-refractivity contribution in [1.82, 2.24) is 0 Å². The molecule has 2 rings (SSSR count). The van der Waals surface area contributed by atoms with Crippen LogP contribution in [0.4, 0.5) is 0 Å². The Morgan fingerprint density at radius 2 is 2.00 bits per heavy atom. The number of aromatic carboxylic acids is 1. The van der Waals surface area contributed by atoms with Crippen LogP contribution in [-0.2, 0) is 11.3 Å². The second-order valence-electron chi connectivity index (χ2n) is 4.37. The molecule has 0 aliphatic carbocycles. The van der Waals surface area contributed by atoms with Gasteiger partial charge in [-0.2, -0.15) is 5.26 Å². The standard InChI is InChI=1S/C16H13NO4/c17-9-13-5-1-2-7-14(13)16(20)21-10-11-4-3-6-12(8-11)15(18)19/h1-8,16,20H,10H2,(H,18,19). The molecule has 0 fully saturated rings. The van der Waals surface area contributed by atoms with Crippen molar-refractivity contribution in [2.24, 2.45) is 0 Å². The molecule has 0 aliphatic rings. The molecule has 2 aromatic rings. The van der Waals surface area contributed by atoms with Gasteiger partial charge in [-0.25, -0.2) is 4.79 Å². The Bertz CT molecular complexity index is 691. The van der Waals surface area contributed by atoms with Gasteiger partial charge >= 0.3 is 5.97 Å². The summed E-state index contributed by atoms with van der Waals surface area (Å²) in [7, 11) is 0. The molecule has 1 atom stereocenters. The lowest BCUT2D eigenvalue weighted by molar-refractivity contribution is -0.112. The number of rotatable bonds is 5. The minimum atomic E-state index is -1.24. The van der Waals surface area contributed by atoms with E-state index in [0.29, 0.717) is 16.7 Å². The molecule has 2 N–H and O–H groups in total. The number of carbonyl (C=O) groups is 1. The van der Waals surface area contributed by atoms with Gasteiger partial charge in [0.2, 0.25) is 0 Å². The highest BCUT2D eigenvalue weighted by Crippen LogP contribution is 2.20. The second-order valence-corrected chi connectivity index (χ2v) is 4.37. The summed E-state index contributed by atoms with van der Waals surface area (Å²) in [6.07, 6.45) is -1.24. The molecule has 0 heterocycles. The fourth-order valence-corrected chi connectivity index (χ4v) is 1.87. The Balaban J connectivity index is 2.08. The zero-order chi connectivity index (χ0) is 15.2. The largest absolute Gasteiger partial charge is 0.478 e. The summed E-state index contributed by atoms with van der Waals surface area (Å²) in [4.78, 5) is 10.9. The van der Waals surface area contributed by atoms with Gasteiger partial charge in [0.1, 0.15) is 0 Å². The van der Waals surface area contributed by atoms with Gasteiger partial charge in [0, 0.05) is 5.56 Å². The zero-order valence-electron chi connectivity index (χ0n) is 11.1.